The number of halogens is 1. The summed E-state index contributed by atoms with van der Waals surface area (Å²) in [5.74, 6) is 1.14. The van der Waals surface area contributed by atoms with Gasteiger partial charge in [0, 0.05) is 36.1 Å². The van der Waals surface area contributed by atoms with E-state index >= 15 is 0 Å². The van der Waals surface area contributed by atoms with Gasteiger partial charge in [-0.25, -0.2) is 0 Å². The number of benzene rings is 1. The zero-order valence-corrected chi connectivity index (χ0v) is 14.7. The highest BCUT2D eigenvalue weighted by molar-refractivity contribution is 7.98. The van der Waals surface area contributed by atoms with Crippen molar-refractivity contribution < 1.29 is 0 Å². The fourth-order valence-corrected chi connectivity index (χ4v) is 3.32. The molecule has 0 aliphatic rings. The second-order valence-corrected chi connectivity index (χ2v) is 6.43. The molecule has 2 nitrogen and oxygen atoms in total. The van der Waals surface area contributed by atoms with Gasteiger partial charge in [-0.1, -0.05) is 31.5 Å². The highest BCUT2D eigenvalue weighted by Crippen LogP contribution is 2.27. The summed E-state index contributed by atoms with van der Waals surface area (Å²) in [6, 6.07) is 6.77. The van der Waals surface area contributed by atoms with Gasteiger partial charge in [0.1, 0.15) is 0 Å². The van der Waals surface area contributed by atoms with Gasteiger partial charge in [0.15, 0.2) is 0 Å². The van der Waals surface area contributed by atoms with Gasteiger partial charge >= 0.3 is 0 Å². The highest BCUT2D eigenvalue weighted by Gasteiger charge is 2.16. The molecule has 1 aromatic rings. The van der Waals surface area contributed by atoms with Crippen molar-refractivity contribution in [3.8, 4) is 0 Å². The maximum absolute atomic E-state index is 6.19. The third kappa shape index (κ3) is 5.19. The lowest BCUT2D eigenvalue weighted by atomic mass is 10.1. The summed E-state index contributed by atoms with van der Waals surface area (Å²) >= 11 is 8.09. The van der Waals surface area contributed by atoms with Crippen LogP contribution in [0.25, 0.3) is 0 Å². The van der Waals surface area contributed by atoms with E-state index in [-0.39, 0.29) is 0 Å². The molecule has 20 heavy (non-hydrogen) atoms. The molecular weight excluding hydrogens is 288 g/mol. The van der Waals surface area contributed by atoms with Crippen molar-refractivity contribution in [3.63, 3.8) is 0 Å². The van der Waals surface area contributed by atoms with Crippen LogP contribution < -0.4 is 10.2 Å². The molecule has 1 N–H and O–H groups in total. The minimum absolute atomic E-state index is 0.549. The maximum atomic E-state index is 6.19. The molecule has 0 aromatic heterocycles. The minimum atomic E-state index is 0.549. The van der Waals surface area contributed by atoms with Crippen molar-refractivity contribution in [2.75, 3.05) is 30.5 Å². The van der Waals surface area contributed by atoms with E-state index in [9.17, 15) is 0 Å². The molecule has 1 aromatic carbocycles. The Morgan fingerprint density at radius 2 is 2.10 bits per heavy atom. The lowest BCUT2D eigenvalue weighted by Gasteiger charge is -2.31. The first kappa shape index (κ1) is 17.7. The topological polar surface area (TPSA) is 15.3 Å². The molecule has 0 radical (unpaired) electrons. The van der Waals surface area contributed by atoms with Crippen molar-refractivity contribution in [1.29, 1.82) is 0 Å². The Morgan fingerprint density at radius 1 is 1.35 bits per heavy atom. The van der Waals surface area contributed by atoms with Crippen LogP contribution in [0.2, 0.25) is 5.02 Å². The number of nitrogens with one attached hydrogen (secondary N) is 1. The minimum Gasteiger partial charge on any atom is -0.370 e. The molecule has 1 atom stereocenters. The lowest BCUT2D eigenvalue weighted by Crippen LogP contribution is -2.34. The van der Waals surface area contributed by atoms with Crippen molar-refractivity contribution in [3.05, 3.63) is 28.8 Å². The largest absolute Gasteiger partial charge is 0.370 e. The van der Waals surface area contributed by atoms with Crippen LogP contribution in [0.5, 0.6) is 0 Å². The summed E-state index contributed by atoms with van der Waals surface area (Å²) in [5.41, 5.74) is 2.58. The molecule has 0 heterocycles. The molecule has 0 spiro atoms. The Labute approximate surface area is 133 Å². The quantitative estimate of drug-likeness (QED) is 0.679. The fourth-order valence-electron chi connectivity index (χ4n) is 2.31. The third-order valence-corrected chi connectivity index (χ3v) is 4.50. The summed E-state index contributed by atoms with van der Waals surface area (Å²) in [6.07, 6.45) is 4.46. The number of thioether (sulfide) groups is 1. The van der Waals surface area contributed by atoms with E-state index in [4.69, 9.17) is 11.6 Å². The Kier molecular flexibility index (Phi) is 8.43. The number of rotatable bonds is 9. The summed E-state index contributed by atoms with van der Waals surface area (Å²) in [7, 11) is 2.18. The predicted molar refractivity (Wildman–Crippen MR) is 94.3 cm³/mol. The third-order valence-electron chi connectivity index (χ3n) is 3.55. The van der Waals surface area contributed by atoms with E-state index in [0.29, 0.717) is 6.04 Å². The van der Waals surface area contributed by atoms with E-state index < -0.39 is 0 Å². The second kappa shape index (κ2) is 9.54. The van der Waals surface area contributed by atoms with Crippen molar-refractivity contribution in [2.45, 2.75) is 39.3 Å². The first-order chi connectivity index (χ1) is 9.63. The predicted octanol–water partition coefficient (Wildman–Crippen LogP) is 4.42. The van der Waals surface area contributed by atoms with E-state index in [2.05, 4.69) is 49.5 Å². The average molecular weight is 315 g/mol. The van der Waals surface area contributed by atoms with Gasteiger partial charge in [-0.2, -0.15) is 11.8 Å². The second-order valence-electron chi connectivity index (χ2n) is 5.08. The Balaban J connectivity index is 2.91. The van der Waals surface area contributed by atoms with Crippen LogP contribution in [0.3, 0.4) is 0 Å². The number of hydrogen-bond acceptors (Lipinski definition) is 3. The van der Waals surface area contributed by atoms with Crippen molar-refractivity contribution >= 4 is 29.1 Å². The summed E-state index contributed by atoms with van der Waals surface area (Å²) in [6.45, 7) is 6.39. The van der Waals surface area contributed by atoms with Gasteiger partial charge in [0.05, 0.1) is 0 Å². The lowest BCUT2D eigenvalue weighted by molar-refractivity contribution is 0.652. The molecule has 0 aliphatic carbocycles. The first-order valence-electron chi connectivity index (χ1n) is 7.34. The Bertz CT molecular complexity index is 398. The number of nitrogens with zero attached hydrogens (tertiary/aromatic N) is 1. The maximum Gasteiger partial charge on any atom is 0.0426 e. The molecule has 0 bridgehead atoms. The average Bonchev–Trinajstić information content (AvgIpc) is 2.45. The number of hydrogen-bond donors (Lipinski definition) is 1. The molecule has 0 aliphatic heterocycles. The molecule has 0 saturated heterocycles. The fraction of sp³-hybridized carbons (Fsp3) is 0.625. The highest BCUT2D eigenvalue weighted by atomic mass is 35.5. The van der Waals surface area contributed by atoms with Gasteiger partial charge in [-0.3, -0.25) is 0 Å². The van der Waals surface area contributed by atoms with Gasteiger partial charge in [-0.05, 0) is 43.3 Å². The molecule has 114 valence electrons. The van der Waals surface area contributed by atoms with E-state index in [0.717, 1.165) is 36.7 Å². The molecule has 0 saturated carbocycles. The Hall–Kier alpha value is -0.380. The van der Waals surface area contributed by atoms with E-state index in [1.165, 1.54) is 11.3 Å². The summed E-state index contributed by atoms with van der Waals surface area (Å²) in [4.78, 5) is 2.38. The van der Waals surface area contributed by atoms with E-state index in [1.807, 2.05) is 17.8 Å². The molecule has 4 heteroatoms. The van der Waals surface area contributed by atoms with Crippen LogP contribution in [0.1, 0.15) is 32.3 Å². The molecule has 0 amide bonds. The van der Waals surface area contributed by atoms with E-state index in [1.54, 1.807) is 0 Å². The summed E-state index contributed by atoms with van der Waals surface area (Å²) < 4.78 is 0. The number of anilines is 1. The molecule has 1 unspecified atom stereocenters. The monoisotopic (exact) mass is 314 g/mol. The Morgan fingerprint density at radius 3 is 2.70 bits per heavy atom. The SMILES string of the molecule is CCCNCc1ccc(Cl)cc1N(C)C(CC)CSC. The van der Waals surface area contributed by atoms with Crippen LogP contribution >= 0.6 is 23.4 Å². The van der Waals surface area contributed by atoms with Gasteiger partial charge < -0.3 is 10.2 Å². The molecule has 0 fully saturated rings. The van der Waals surface area contributed by atoms with Crippen LogP contribution in [0.15, 0.2) is 18.2 Å². The smallest absolute Gasteiger partial charge is 0.0426 e. The van der Waals surface area contributed by atoms with Gasteiger partial charge in [-0.15, -0.1) is 0 Å². The molecular formula is C16H27ClN2S. The normalized spacial score (nSPS) is 12.4. The molecule has 1 rings (SSSR count). The van der Waals surface area contributed by atoms with Crippen LogP contribution in [0.4, 0.5) is 5.69 Å². The summed E-state index contributed by atoms with van der Waals surface area (Å²) in [5, 5.41) is 4.29. The zero-order valence-electron chi connectivity index (χ0n) is 13.1. The van der Waals surface area contributed by atoms with Gasteiger partial charge in [0.2, 0.25) is 0 Å². The first-order valence-corrected chi connectivity index (χ1v) is 9.12. The van der Waals surface area contributed by atoms with Crippen LogP contribution in [-0.4, -0.2) is 31.6 Å². The van der Waals surface area contributed by atoms with Crippen molar-refractivity contribution in [2.24, 2.45) is 0 Å². The zero-order chi connectivity index (χ0) is 15.0. The standard InChI is InChI=1S/C16H27ClN2S/c1-5-9-18-11-13-7-8-14(17)10-16(13)19(3)15(6-2)12-20-4/h7-8,10,15,18H,5-6,9,11-12H2,1-4H3. The van der Waals surface area contributed by atoms with Crippen LogP contribution in [-0.2, 0) is 6.54 Å². The van der Waals surface area contributed by atoms with Gasteiger partial charge in [0.25, 0.3) is 0 Å². The van der Waals surface area contributed by atoms with Crippen molar-refractivity contribution in [1.82, 2.24) is 5.32 Å². The van der Waals surface area contributed by atoms with Crippen LogP contribution in [0, 0.1) is 0 Å².